The molecule has 0 aliphatic rings. The zero-order valence-corrected chi connectivity index (χ0v) is 9.54. The molecule has 0 rings (SSSR count). The molecule has 0 heterocycles. The van der Waals surface area contributed by atoms with Crippen molar-refractivity contribution < 1.29 is 9.53 Å². The molecule has 0 unspecified atom stereocenters. The van der Waals surface area contributed by atoms with Crippen molar-refractivity contribution in [2.45, 2.75) is 33.2 Å². The second-order valence-electron chi connectivity index (χ2n) is 3.36. The lowest BCUT2D eigenvalue weighted by molar-refractivity contribution is -0.144. The van der Waals surface area contributed by atoms with Gasteiger partial charge in [0.15, 0.2) is 0 Å². The zero-order valence-electron chi connectivity index (χ0n) is 9.54. The van der Waals surface area contributed by atoms with Crippen molar-refractivity contribution in [2.75, 3.05) is 13.7 Å². The molecule has 82 valence electrons. The lowest BCUT2D eigenvalue weighted by Gasteiger charge is -2.20. The molecule has 0 aliphatic carbocycles. The molecule has 14 heavy (non-hydrogen) atoms. The highest BCUT2D eigenvalue weighted by atomic mass is 16.5. The maximum atomic E-state index is 11.4. The van der Waals surface area contributed by atoms with Crippen molar-refractivity contribution in [2.24, 2.45) is 5.92 Å². The Morgan fingerprint density at radius 3 is 2.64 bits per heavy atom. The van der Waals surface area contributed by atoms with E-state index in [2.05, 4.69) is 12.2 Å². The summed E-state index contributed by atoms with van der Waals surface area (Å²) in [6, 6.07) is -0.193. The van der Waals surface area contributed by atoms with Crippen molar-refractivity contribution in [1.82, 2.24) is 5.32 Å². The third kappa shape index (κ3) is 4.42. The minimum Gasteiger partial charge on any atom is -0.468 e. The Kier molecular flexibility index (Phi) is 7.11. The monoisotopic (exact) mass is 199 g/mol. The number of rotatable bonds is 6. The topological polar surface area (TPSA) is 38.3 Å². The highest BCUT2D eigenvalue weighted by molar-refractivity contribution is 5.75. The Labute approximate surface area is 86.5 Å². The number of hydrogen-bond donors (Lipinski definition) is 1. The van der Waals surface area contributed by atoms with Gasteiger partial charge in [0.1, 0.15) is 6.04 Å². The van der Waals surface area contributed by atoms with Crippen LogP contribution in [-0.2, 0) is 9.53 Å². The van der Waals surface area contributed by atoms with E-state index in [1.807, 2.05) is 26.0 Å². The Morgan fingerprint density at radius 1 is 1.57 bits per heavy atom. The number of methoxy groups -OCH3 is 1. The average Bonchev–Trinajstić information content (AvgIpc) is 2.22. The van der Waals surface area contributed by atoms with Crippen LogP contribution in [0.15, 0.2) is 12.2 Å². The molecule has 0 aromatic heterocycles. The Morgan fingerprint density at radius 2 is 2.21 bits per heavy atom. The van der Waals surface area contributed by atoms with Crippen molar-refractivity contribution in [3.8, 4) is 0 Å². The summed E-state index contributed by atoms with van der Waals surface area (Å²) in [5.41, 5.74) is 0. The van der Waals surface area contributed by atoms with Gasteiger partial charge in [0, 0.05) is 6.54 Å². The van der Waals surface area contributed by atoms with Crippen LogP contribution in [0.3, 0.4) is 0 Å². The molecule has 0 radical (unpaired) electrons. The molecule has 0 aromatic carbocycles. The van der Waals surface area contributed by atoms with Crippen molar-refractivity contribution in [1.29, 1.82) is 0 Å². The standard InChI is InChI=1S/C11H21NO2/c1-5-7-8-12-10(9(3)6-2)11(13)14-4/h5,7,9-10,12H,6,8H2,1-4H3/b7-5+/t9-,10-/m0/s1. The van der Waals surface area contributed by atoms with Gasteiger partial charge in [-0.05, 0) is 12.8 Å². The predicted molar refractivity (Wildman–Crippen MR) is 58.1 cm³/mol. The lowest BCUT2D eigenvalue weighted by atomic mass is 9.99. The maximum absolute atomic E-state index is 11.4. The van der Waals surface area contributed by atoms with Crippen LogP contribution in [0.1, 0.15) is 27.2 Å². The number of carbonyl (C=O) groups is 1. The number of hydrogen-bond acceptors (Lipinski definition) is 3. The number of nitrogens with one attached hydrogen (secondary N) is 1. The molecule has 3 heteroatoms. The second kappa shape index (κ2) is 7.56. The van der Waals surface area contributed by atoms with Gasteiger partial charge in [-0.1, -0.05) is 32.4 Å². The van der Waals surface area contributed by atoms with Gasteiger partial charge >= 0.3 is 5.97 Å². The van der Waals surface area contributed by atoms with Crippen LogP contribution in [0.25, 0.3) is 0 Å². The first-order chi connectivity index (χ1) is 6.67. The van der Waals surface area contributed by atoms with Crippen LogP contribution in [0.4, 0.5) is 0 Å². The summed E-state index contributed by atoms with van der Waals surface area (Å²) >= 11 is 0. The quantitative estimate of drug-likeness (QED) is 0.523. The van der Waals surface area contributed by atoms with Gasteiger partial charge in [-0.2, -0.15) is 0 Å². The van der Waals surface area contributed by atoms with E-state index in [9.17, 15) is 4.79 Å². The lowest BCUT2D eigenvalue weighted by Crippen LogP contribution is -2.42. The summed E-state index contributed by atoms with van der Waals surface area (Å²) in [7, 11) is 1.43. The van der Waals surface area contributed by atoms with E-state index in [4.69, 9.17) is 4.74 Å². The number of ether oxygens (including phenoxy) is 1. The second-order valence-corrected chi connectivity index (χ2v) is 3.36. The molecule has 0 bridgehead atoms. The summed E-state index contributed by atoms with van der Waals surface area (Å²) in [5.74, 6) is 0.122. The van der Waals surface area contributed by atoms with Gasteiger partial charge < -0.3 is 10.1 Å². The van der Waals surface area contributed by atoms with Crippen LogP contribution >= 0.6 is 0 Å². The van der Waals surface area contributed by atoms with E-state index < -0.39 is 0 Å². The highest BCUT2D eigenvalue weighted by Crippen LogP contribution is 2.08. The normalized spacial score (nSPS) is 15.4. The summed E-state index contributed by atoms with van der Waals surface area (Å²) in [4.78, 5) is 11.4. The summed E-state index contributed by atoms with van der Waals surface area (Å²) in [6.45, 7) is 6.78. The van der Waals surface area contributed by atoms with E-state index in [0.717, 1.165) is 6.42 Å². The van der Waals surface area contributed by atoms with E-state index in [0.29, 0.717) is 12.5 Å². The molecule has 0 spiro atoms. The molecule has 0 aromatic rings. The molecule has 3 nitrogen and oxygen atoms in total. The maximum Gasteiger partial charge on any atom is 0.323 e. The largest absolute Gasteiger partial charge is 0.468 e. The zero-order chi connectivity index (χ0) is 11.0. The molecule has 1 N–H and O–H groups in total. The number of carbonyl (C=O) groups excluding carboxylic acids is 1. The molecule has 0 aliphatic heterocycles. The number of allylic oxidation sites excluding steroid dienone is 1. The van der Waals surface area contributed by atoms with Crippen molar-refractivity contribution in [3.05, 3.63) is 12.2 Å². The minimum absolute atomic E-state index is 0.177. The molecule has 0 saturated carbocycles. The van der Waals surface area contributed by atoms with Gasteiger partial charge in [-0.25, -0.2) is 0 Å². The molecule has 0 amide bonds. The molecule has 0 fully saturated rings. The predicted octanol–water partition coefficient (Wildman–Crippen LogP) is 1.74. The Hall–Kier alpha value is -0.830. The highest BCUT2D eigenvalue weighted by Gasteiger charge is 2.23. The van der Waals surface area contributed by atoms with E-state index in [1.54, 1.807) is 0 Å². The fraction of sp³-hybridized carbons (Fsp3) is 0.727. The third-order valence-corrected chi connectivity index (χ3v) is 2.36. The summed E-state index contributed by atoms with van der Waals surface area (Å²) in [6.07, 6.45) is 4.90. The van der Waals surface area contributed by atoms with Gasteiger partial charge in [-0.15, -0.1) is 0 Å². The van der Waals surface area contributed by atoms with Gasteiger partial charge in [0.25, 0.3) is 0 Å². The van der Waals surface area contributed by atoms with Crippen LogP contribution in [0, 0.1) is 5.92 Å². The summed E-state index contributed by atoms with van der Waals surface area (Å²) < 4.78 is 4.74. The molecular formula is C11H21NO2. The van der Waals surface area contributed by atoms with E-state index >= 15 is 0 Å². The van der Waals surface area contributed by atoms with Gasteiger partial charge in [0.05, 0.1) is 7.11 Å². The average molecular weight is 199 g/mol. The van der Waals surface area contributed by atoms with Crippen LogP contribution < -0.4 is 5.32 Å². The van der Waals surface area contributed by atoms with Crippen LogP contribution in [0.5, 0.6) is 0 Å². The Bertz CT molecular complexity index is 190. The fourth-order valence-corrected chi connectivity index (χ4v) is 1.19. The molecular weight excluding hydrogens is 178 g/mol. The third-order valence-electron chi connectivity index (χ3n) is 2.36. The first kappa shape index (κ1) is 13.2. The van der Waals surface area contributed by atoms with Crippen LogP contribution in [0.2, 0.25) is 0 Å². The Balaban J connectivity index is 4.17. The SMILES string of the molecule is C/C=C/CN[C@H](C(=O)OC)[C@@H](C)CC. The summed E-state index contributed by atoms with van der Waals surface area (Å²) in [5, 5.41) is 3.16. The van der Waals surface area contributed by atoms with Gasteiger partial charge in [0.2, 0.25) is 0 Å². The van der Waals surface area contributed by atoms with Crippen molar-refractivity contribution >= 4 is 5.97 Å². The number of esters is 1. The minimum atomic E-state index is -0.193. The van der Waals surface area contributed by atoms with E-state index in [1.165, 1.54) is 7.11 Å². The molecule has 0 saturated heterocycles. The first-order valence-electron chi connectivity index (χ1n) is 5.09. The smallest absolute Gasteiger partial charge is 0.323 e. The molecule has 2 atom stereocenters. The van der Waals surface area contributed by atoms with E-state index in [-0.39, 0.29) is 12.0 Å². The van der Waals surface area contributed by atoms with Crippen molar-refractivity contribution in [3.63, 3.8) is 0 Å². The fourth-order valence-electron chi connectivity index (χ4n) is 1.19. The van der Waals surface area contributed by atoms with Gasteiger partial charge in [-0.3, -0.25) is 4.79 Å². The van der Waals surface area contributed by atoms with Crippen LogP contribution in [-0.4, -0.2) is 25.7 Å². The first-order valence-corrected chi connectivity index (χ1v) is 5.09.